The molecular weight excluding hydrogens is 309 g/mol. The zero-order chi connectivity index (χ0) is 17.3. The fourth-order valence-corrected chi connectivity index (χ4v) is 2.62. The molecule has 6 heteroatoms. The number of hydrogen-bond acceptors (Lipinski definition) is 3. The molecule has 0 aliphatic heterocycles. The fraction of sp³-hybridized carbons (Fsp3) is 0.0556. The first kappa shape index (κ1) is 15.6. The molecule has 5 nitrogen and oxygen atoms in total. The van der Waals surface area contributed by atoms with Crippen LogP contribution in [0.5, 0.6) is 0 Å². The van der Waals surface area contributed by atoms with Gasteiger partial charge in [0.25, 0.3) is 11.8 Å². The zero-order valence-corrected chi connectivity index (χ0v) is 12.8. The maximum absolute atomic E-state index is 13.8. The monoisotopic (exact) mass is 323 g/mol. The lowest BCUT2D eigenvalue weighted by Gasteiger charge is -2.12. The highest BCUT2D eigenvalue weighted by molar-refractivity contribution is 6.14. The molecule has 1 heterocycles. The van der Waals surface area contributed by atoms with Gasteiger partial charge in [0.1, 0.15) is 5.82 Å². The van der Waals surface area contributed by atoms with Gasteiger partial charge in [-0.2, -0.15) is 0 Å². The number of nitrogens with one attached hydrogen (secondary N) is 1. The highest BCUT2D eigenvalue weighted by atomic mass is 19.1. The van der Waals surface area contributed by atoms with Gasteiger partial charge in [0.2, 0.25) is 0 Å². The van der Waals surface area contributed by atoms with Crippen molar-refractivity contribution in [1.82, 2.24) is 4.98 Å². The van der Waals surface area contributed by atoms with E-state index in [9.17, 15) is 14.0 Å². The standard InChI is InChI=1S/C18H14FN3O2/c1-10-4-2-6-14(15(10)17(20)23)22-18(24)13-9-12(19)8-11-5-3-7-21-16(11)13/h2-9H,1H3,(H2,20,23)(H,22,24). The number of hydrogen-bond donors (Lipinski definition) is 2. The lowest BCUT2D eigenvalue weighted by molar-refractivity contribution is 0.100. The Bertz CT molecular complexity index is 970. The summed E-state index contributed by atoms with van der Waals surface area (Å²) in [4.78, 5) is 28.4. The number of benzene rings is 2. The molecule has 1 aromatic heterocycles. The summed E-state index contributed by atoms with van der Waals surface area (Å²) in [5, 5.41) is 3.14. The average molecular weight is 323 g/mol. The predicted octanol–water partition coefficient (Wildman–Crippen LogP) is 3.03. The first-order chi connectivity index (χ1) is 11.5. The van der Waals surface area contributed by atoms with E-state index in [2.05, 4.69) is 10.3 Å². The molecule has 0 unspecified atom stereocenters. The number of anilines is 1. The molecule has 120 valence electrons. The van der Waals surface area contributed by atoms with Gasteiger partial charge in [-0.1, -0.05) is 18.2 Å². The van der Waals surface area contributed by atoms with Crippen LogP contribution in [0.1, 0.15) is 26.3 Å². The van der Waals surface area contributed by atoms with Crippen LogP contribution < -0.4 is 11.1 Å². The molecule has 0 aliphatic rings. The van der Waals surface area contributed by atoms with Crippen LogP contribution in [0.3, 0.4) is 0 Å². The first-order valence-electron chi connectivity index (χ1n) is 7.22. The average Bonchev–Trinajstić information content (AvgIpc) is 2.53. The van der Waals surface area contributed by atoms with Crippen molar-refractivity contribution in [2.45, 2.75) is 6.92 Å². The van der Waals surface area contributed by atoms with Crippen LogP contribution in [0.2, 0.25) is 0 Å². The highest BCUT2D eigenvalue weighted by Crippen LogP contribution is 2.23. The minimum absolute atomic E-state index is 0.0857. The number of fused-ring (bicyclic) bond motifs is 1. The van der Waals surface area contributed by atoms with Gasteiger partial charge in [-0.15, -0.1) is 0 Å². The third-order valence-electron chi connectivity index (χ3n) is 3.68. The van der Waals surface area contributed by atoms with Crippen molar-refractivity contribution in [3.63, 3.8) is 0 Å². The summed E-state index contributed by atoms with van der Waals surface area (Å²) in [6.45, 7) is 1.72. The van der Waals surface area contributed by atoms with E-state index in [1.165, 1.54) is 12.3 Å². The van der Waals surface area contributed by atoms with Crippen LogP contribution in [0.4, 0.5) is 10.1 Å². The van der Waals surface area contributed by atoms with Crippen molar-refractivity contribution in [3.8, 4) is 0 Å². The largest absolute Gasteiger partial charge is 0.366 e. The molecular formula is C18H14FN3O2. The van der Waals surface area contributed by atoms with Gasteiger partial charge in [-0.25, -0.2) is 4.39 Å². The molecule has 0 saturated carbocycles. The second-order valence-corrected chi connectivity index (χ2v) is 5.34. The normalized spacial score (nSPS) is 10.6. The Morgan fingerprint density at radius 3 is 2.71 bits per heavy atom. The fourth-order valence-electron chi connectivity index (χ4n) is 2.62. The Hall–Kier alpha value is -3.28. The number of nitrogens with two attached hydrogens (primary N) is 1. The summed E-state index contributed by atoms with van der Waals surface area (Å²) < 4.78 is 13.8. The predicted molar refractivity (Wildman–Crippen MR) is 89.4 cm³/mol. The maximum atomic E-state index is 13.8. The molecule has 0 bridgehead atoms. The Balaban J connectivity index is 2.06. The van der Waals surface area contributed by atoms with E-state index in [4.69, 9.17) is 5.73 Å². The highest BCUT2D eigenvalue weighted by Gasteiger charge is 2.17. The number of amides is 2. The molecule has 0 saturated heterocycles. The third kappa shape index (κ3) is 2.81. The number of nitrogens with zero attached hydrogens (tertiary/aromatic N) is 1. The van der Waals surface area contributed by atoms with E-state index in [1.807, 2.05) is 0 Å². The van der Waals surface area contributed by atoms with Gasteiger partial charge in [0.05, 0.1) is 22.3 Å². The van der Waals surface area contributed by atoms with Crippen molar-refractivity contribution in [1.29, 1.82) is 0 Å². The van der Waals surface area contributed by atoms with Crippen LogP contribution in [0.25, 0.3) is 10.9 Å². The van der Waals surface area contributed by atoms with Gasteiger partial charge < -0.3 is 11.1 Å². The van der Waals surface area contributed by atoms with Crippen LogP contribution >= 0.6 is 0 Å². The van der Waals surface area contributed by atoms with E-state index in [0.717, 1.165) is 6.07 Å². The number of aryl methyl sites for hydroxylation is 1. The molecule has 2 amide bonds. The van der Waals surface area contributed by atoms with Gasteiger partial charge in [0.15, 0.2) is 0 Å². The van der Waals surface area contributed by atoms with Gasteiger partial charge in [-0.3, -0.25) is 14.6 Å². The van der Waals surface area contributed by atoms with Crippen LogP contribution in [-0.2, 0) is 0 Å². The number of aromatic nitrogens is 1. The van der Waals surface area contributed by atoms with Crippen LogP contribution in [0.15, 0.2) is 48.7 Å². The molecule has 0 atom stereocenters. The summed E-state index contributed by atoms with van der Waals surface area (Å²) in [7, 11) is 0. The second kappa shape index (κ2) is 6.08. The molecule has 0 spiro atoms. The SMILES string of the molecule is Cc1cccc(NC(=O)c2cc(F)cc3cccnc23)c1C(N)=O. The summed E-state index contributed by atoms with van der Waals surface area (Å²) in [6, 6.07) is 10.7. The summed E-state index contributed by atoms with van der Waals surface area (Å²) >= 11 is 0. The minimum Gasteiger partial charge on any atom is -0.366 e. The Morgan fingerprint density at radius 2 is 1.96 bits per heavy atom. The number of pyridine rings is 1. The van der Waals surface area contributed by atoms with E-state index in [1.54, 1.807) is 37.3 Å². The number of carbonyl (C=O) groups is 2. The molecule has 0 aliphatic carbocycles. The van der Waals surface area contributed by atoms with Gasteiger partial charge in [0, 0.05) is 11.6 Å². The molecule has 3 aromatic rings. The topological polar surface area (TPSA) is 85.1 Å². The number of carbonyl (C=O) groups excluding carboxylic acids is 2. The van der Waals surface area contributed by atoms with Crippen LogP contribution in [-0.4, -0.2) is 16.8 Å². The van der Waals surface area contributed by atoms with Gasteiger partial charge >= 0.3 is 0 Å². The van der Waals surface area contributed by atoms with Crippen molar-refractivity contribution in [3.05, 3.63) is 71.2 Å². The minimum atomic E-state index is -0.648. The van der Waals surface area contributed by atoms with E-state index in [-0.39, 0.29) is 16.8 Å². The van der Waals surface area contributed by atoms with E-state index < -0.39 is 17.6 Å². The number of rotatable bonds is 3. The molecule has 2 aromatic carbocycles. The molecule has 0 fully saturated rings. The van der Waals surface area contributed by atoms with Crippen molar-refractivity contribution < 1.29 is 14.0 Å². The van der Waals surface area contributed by atoms with Crippen molar-refractivity contribution in [2.75, 3.05) is 5.32 Å². The zero-order valence-electron chi connectivity index (χ0n) is 12.8. The smallest absolute Gasteiger partial charge is 0.258 e. The summed E-state index contributed by atoms with van der Waals surface area (Å²) in [5.74, 6) is -1.75. The Labute approximate surface area is 137 Å². The van der Waals surface area contributed by atoms with Crippen LogP contribution in [0, 0.1) is 12.7 Å². The second-order valence-electron chi connectivity index (χ2n) is 5.34. The lowest BCUT2D eigenvalue weighted by atomic mass is 10.0. The Kier molecular flexibility index (Phi) is 3.95. The molecule has 24 heavy (non-hydrogen) atoms. The third-order valence-corrected chi connectivity index (χ3v) is 3.68. The molecule has 3 N–H and O–H groups in total. The quantitative estimate of drug-likeness (QED) is 0.777. The molecule has 3 rings (SSSR count). The first-order valence-corrected chi connectivity index (χ1v) is 7.22. The summed E-state index contributed by atoms with van der Waals surface area (Å²) in [5.41, 5.74) is 6.99. The number of halogens is 1. The van der Waals surface area contributed by atoms with E-state index in [0.29, 0.717) is 16.5 Å². The Morgan fingerprint density at radius 1 is 1.17 bits per heavy atom. The molecule has 0 radical (unpaired) electrons. The van der Waals surface area contributed by atoms with Crippen molar-refractivity contribution >= 4 is 28.4 Å². The van der Waals surface area contributed by atoms with Crippen molar-refractivity contribution in [2.24, 2.45) is 5.73 Å². The lowest BCUT2D eigenvalue weighted by Crippen LogP contribution is -2.19. The van der Waals surface area contributed by atoms with E-state index >= 15 is 0 Å². The maximum Gasteiger partial charge on any atom is 0.258 e. The van der Waals surface area contributed by atoms with Gasteiger partial charge in [-0.05, 0) is 36.8 Å². The number of primary amides is 1. The summed E-state index contributed by atoms with van der Waals surface area (Å²) in [6.07, 6.45) is 1.53.